The minimum Gasteiger partial charge on any atom is -0.480 e. The first-order chi connectivity index (χ1) is 15.8. The van der Waals surface area contributed by atoms with E-state index in [2.05, 4.69) is 15.3 Å². The second-order valence-corrected chi connectivity index (χ2v) is 10.8. The molecule has 174 valence electrons. The van der Waals surface area contributed by atoms with E-state index in [1.165, 1.54) is 16.7 Å². The summed E-state index contributed by atoms with van der Waals surface area (Å²) in [6.45, 7) is -0.446. The number of hydrogen-bond donors (Lipinski definition) is 4. The summed E-state index contributed by atoms with van der Waals surface area (Å²) < 4.78 is -1.20. The van der Waals surface area contributed by atoms with Crippen LogP contribution in [-0.2, 0) is 14.4 Å². The lowest BCUT2D eigenvalue weighted by molar-refractivity contribution is -0.152. The van der Waals surface area contributed by atoms with Crippen LogP contribution in [0, 0.1) is 0 Å². The predicted octanol–water partition coefficient (Wildman–Crippen LogP) is 0.824. The molecular formula is C20H21N5O5S3. The summed E-state index contributed by atoms with van der Waals surface area (Å²) in [6, 6.07) is 2.86. The Labute approximate surface area is 201 Å². The van der Waals surface area contributed by atoms with Gasteiger partial charge in [0.25, 0.3) is 0 Å². The van der Waals surface area contributed by atoms with Crippen LogP contribution in [0.3, 0.4) is 0 Å². The van der Waals surface area contributed by atoms with Gasteiger partial charge in [0.1, 0.15) is 22.1 Å². The Hall–Kier alpha value is -2.61. The number of aliphatic hydroxyl groups is 1. The molecule has 2 fully saturated rings. The molecule has 0 radical (unpaired) electrons. The zero-order valence-corrected chi connectivity index (χ0v) is 19.6. The summed E-state index contributed by atoms with van der Waals surface area (Å²) in [7, 11) is 0. The van der Waals surface area contributed by atoms with Gasteiger partial charge in [-0.2, -0.15) is 0 Å². The van der Waals surface area contributed by atoms with E-state index in [-0.39, 0.29) is 28.7 Å². The maximum atomic E-state index is 12.8. The number of carboxylic acids is 1. The number of carbonyl (C=O) groups is 3. The Morgan fingerprint density at radius 3 is 2.94 bits per heavy atom. The number of thiazole rings is 1. The standard InChI is InChI=1S/C20H21N5O5S3/c21-19-23-13(8-31-19)12(7-26)15(27)24-14-16(28)25-9-20(18(29)30,10-32-17(14)25)33-5-3-11-2-1-4-22-6-11/h1-6,8,12,14,17,26H,7,9-10H2,(H2,21,23)(H,24,27)(H,29,30)/t12?,14?,17-,20?/m1/s1. The summed E-state index contributed by atoms with van der Waals surface area (Å²) in [5.74, 6) is -2.55. The van der Waals surface area contributed by atoms with E-state index in [1.807, 2.05) is 6.07 Å². The van der Waals surface area contributed by atoms with E-state index in [1.54, 1.807) is 35.3 Å². The van der Waals surface area contributed by atoms with Crippen molar-refractivity contribution in [2.24, 2.45) is 0 Å². The van der Waals surface area contributed by atoms with Gasteiger partial charge in [-0.15, -0.1) is 34.9 Å². The van der Waals surface area contributed by atoms with Gasteiger partial charge in [0.2, 0.25) is 11.8 Å². The third kappa shape index (κ3) is 4.71. The summed E-state index contributed by atoms with van der Waals surface area (Å²) in [5.41, 5.74) is 6.80. The fraction of sp³-hybridized carbons (Fsp3) is 0.350. The van der Waals surface area contributed by atoms with Gasteiger partial charge in [-0.25, -0.2) is 4.98 Å². The summed E-state index contributed by atoms with van der Waals surface area (Å²) >= 11 is 3.62. The van der Waals surface area contributed by atoms with E-state index < -0.39 is 35.2 Å². The maximum Gasteiger partial charge on any atom is 0.322 e. The number of carbonyl (C=O) groups excluding carboxylic acids is 2. The highest BCUT2D eigenvalue weighted by atomic mass is 32.2. The number of amides is 2. The van der Waals surface area contributed by atoms with Crippen molar-refractivity contribution in [2.45, 2.75) is 22.1 Å². The van der Waals surface area contributed by atoms with Crippen molar-refractivity contribution in [1.29, 1.82) is 0 Å². The molecule has 4 rings (SSSR count). The molecule has 0 saturated carbocycles. The van der Waals surface area contributed by atoms with Crippen LogP contribution in [0.1, 0.15) is 17.2 Å². The first-order valence-electron chi connectivity index (χ1n) is 9.86. The topological polar surface area (TPSA) is 159 Å². The van der Waals surface area contributed by atoms with Crippen molar-refractivity contribution in [3.63, 3.8) is 0 Å². The average molecular weight is 508 g/mol. The van der Waals surface area contributed by atoms with Crippen LogP contribution in [0.2, 0.25) is 0 Å². The van der Waals surface area contributed by atoms with Crippen molar-refractivity contribution < 1.29 is 24.6 Å². The summed E-state index contributed by atoms with van der Waals surface area (Å²) in [6.07, 6.45) is 5.10. The highest BCUT2D eigenvalue weighted by Gasteiger charge is 2.57. The molecule has 5 N–H and O–H groups in total. The van der Waals surface area contributed by atoms with Crippen LogP contribution in [0.4, 0.5) is 5.13 Å². The number of carboxylic acid groups (broad SMARTS) is 1. The molecule has 3 unspecified atom stereocenters. The molecule has 2 amide bonds. The lowest BCUT2D eigenvalue weighted by Crippen LogP contribution is -2.74. The number of β-lactam (4-membered cyclic amide) rings is 1. The molecule has 0 spiro atoms. The number of anilines is 1. The fourth-order valence-corrected chi connectivity index (χ4v) is 6.83. The molecule has 33 heavy (non-hydrogen) atoms. The number of aliphatic carboxylic acids is 1. The normalized spacial score (nSPS) is 25.4. The lowest BCUT2D eigenvalue weighted by atomic mass is 10.00. The minimum atomic E-state index is -1.20. The van der Waals surface area contributed by atoms with Crippen LogP contribution < -0.4 is 11.1 Å². The third-order valence-corrected chi connectivity index (χ3v) is 8.95. The molecule has 10 nitrogen and oxygen atoms in total. The number of fused-ring (bicyclic) bond motifs is 1. The van der Waals surface area contributed by atoms with Gasteiger partial charge in [-0.3, -0.25) is 19.4 Å². The van der Waals surface area contributed by atoms with Crippen LogP contribution in [-0.4, -0.2) is 77.9 Å². The summed E-state index contributed by atoms with van der Waals surface area (Å²) in [5, 5.41) is 25.5. The quantitative estimate of drug-likeness (QED) is 0.377. The number of aliphatic hydroxyl groups excluding tert-OH is 1. The van der Waals surface area contributed by atoms with E-state index in [9.17, 15) is 24.6 Å². The molecule has 4 heterocycles. The fourth-order valence-electron chi connectivity index (χ4n) is 3.55. The summed E-state index contributed by atoms with van der Waals surface area (Å²) in [4.78, 5) is 47.1. The molecule has 2 aromatic heterocycles. The average Bonchev–Trinajstić information content (AvgIpc) is 3.24. The number of pyridine rings is 1. The monoisotopic (exact) mass is 507 g/mol. The van der Waals surface area contributed by atoms with Crippen LogP contribution >= 0.6 is 34.9 Å². The highest BCUT2D eigenvalue weighted by Crippen LogP contribution is 2.44. The first-order valence-corrected chi connectivity index (χ1v) is 12.7. The Kier molecular flexibility index (Phi) is 6.93. The van der Waals surface area contributed by atoms with Crippen LogP contribution in [0.25, 0.3) is 6.08 Å². The number of nitrogen functional groups attached to an aromatic ring is 1. The van der Waals surface area contributed by atoms with Gasteiger partial charge < -0.3 is 26.2 Å². The van der Waals surface area contributed by atoms with Crippen molar-refractivity contribution in [3.05, 3.63) is 46.6 Å². The first kappa shape index (κ1) is 23.5. The molecule has 0 bridgehead atoms. The highest BCUT2D eigenvalue weighted by molar-refractivity contribution is 8.06. The number of nitrogens with one attached hydrogen (secondary N) is 1. The van der Waals surface area contributed by atoms with E-state index in [0.717, 1.165) is 28.7 Å². The lowest BCUT2D eigenvalue weighted by Gasteiger charge is -2.53. The minimum absolute atomic E-state index is 0.0271. The van der Waals surface area contributed by atoms with Crippen molar-refractivity contribution in [2.75, 3.05) is 24.6 Å². The maximum absolute atomic E-state index is 12.8. The smallest absolute Gasteiger partial charge is 0.322 e. The Morgan fingerprint density at radius 2 is 2.30 bits per heavy atom. The van der Waals surface area contributed by atoms with Gasteiger partial charge >= 0.3 is 5.97 Å². The largest absolute Gasteiger partial charge is 0.480 e. The molecule has 0 aliphatic carbocycles. The van der Waals surface area contributed by atoms with Gasteiger partial charge in [0, 0.05) is 30.1 Å². The third-order valence-electron chi connectivity index (χ3n) is 5.38. The molecule has 13 heteroatoms. The van der Waals surface area contributed by atoms with Gasteiger partial charge in [-0.1, -0.05) is 6.07 Å². The van der Waals surface area contributed by atoms with Crippen molar-refractivity contribution in [3.8, 4) is 0 Å². The molecule has 2 aliphatic rings. The van der Waals surface area contributed by atoms with E-state index >= 15 is 0 Å². The van der Waals surface area contributed by atoms with E-state index in [0.29, 0.717) is 5.69 Å². The second-order valence-electron chi connectivity index (χ2n) is 7.51. The number of thioether (sulfide) groups is 2. The number of nitrogens with zero attached hydrogens (tertiary/aromatic N) is 3. The zero-order chi connectivity index (χ0) is 23.6. The molecule has 0 aromatic carbocycles. The SMILES string of the molecule is Nc1nc(C(CO)C(=O)NC2C(=O)N3CC(SC=Cc4cccnc4)(C(=O)O)CS[C@H]23)cs1. The van der Waals surface area contributed by atoms with Gasteiger partial charge in [-0.05, 0) is 23.1 Å². The van der Waals surface area contributed by atoms with Gasteiger partial charge in [0.15, 0.2) is 5.13 Å². The van der Waals surface area contributed by atoms with Gasteiger partial charge in [0.05, 0.1) is 12.3 Å². The molecule has 2 aromatic rings. The predicted molar refractivity (Wildman–Crippen MR) is 127 cm³/mol. The second kappa shape index (κ2) is 9.71. The number of rotatable bonds is 8. The molecule has 2 aliphatic heterocycles. The number of aromatic nitrogens is 2. The Balaban J connectivity index is 1.40. The zero-order valence-electron chi connectivity index (χ0n) is 17.2. The molecule has 4 atom stereocenters. The van der Waals surface area contributed by atoms with Crippen molar-refractivity contribution >= 4 is 63.9 Å². The molecular weight excluding hydrogens is 486 g/mol. The van der Waals surface area contributed by atoms with Crippen molar-refractivity contribution in [1.82, 2.24) is 20.2 Å². The van der Waals surface area contributed by atoms with Crippen LogP contribution in [0.15, 0.2) is 35.3 Å². The number of hydrogen-bond acceptors (Lipinski definition) is 10. The Bertz CT molecular complexity index is 1080. The molecule has 2 saturated heterocycles. The van der Waals surface area contributed by atoms with Crippen LogP contribution in [0.5, 0.6) is 0 Å². The number of nitrogens with two attached hydrogens (primary N) is 1. The van der Waals surface area contributed by atoms with E-state index in [4.69, 9.17) is 5.73 Å². The Morgan fingerprint density at radius 1 is 1.48 bits per heavy atom.